The number of benzene rings is 1. The quantitative estimate of drug-likeness (QED) is 0.846. The average Bonchev–Trinajstić information content (AvgIpc) is 2.57. The van der Waals surface area contributed by atoms with Crippen molar-refractivity contribution in [2.24, 2.45) is 18.7 Å². The van der Waals surface area contributed by atoms with Gasteiger partial charge < -0.3 is 10.3 Å². The number of halogens is 1. The Kier molecular flexibility index (Phi) is 2.68. The number of aryl methyl sites for hydroxylation is 1. The van der Waals surface area contributed by atoms with Gasteiger partial charge in [0.15, 0.2) is 5.82 Å². The van der Waals surface area contributed by atoms with Crippen LogP contribution in [0.4, 0.5) is 4.39 Å². The molecule has 1 heterocycles. The van der Waals surface area contributed by atoms with Crippen LogP contribution in [0.3, 0.4) is 0 Å². The molecule has 3 nitrogen and oxygen atoms in total. The molecule has 0 fully saturated rings. The molecule has 2 aromatic rings. The fourth-order valence-corrected chi connectivity index (χ4v) is 1.79. The number of para-hydroxylation sites is 1. The third-order valence-corrected chi connectivity index (χ3v) is 2.91. The SMILES string of the molecule is CC(C)[C@H](N)c1nc2c(F)cccc2n1C. The first kappa shape index (κ1) is 11.1. The standard InChI is InChI=1S/C12H16FN3/c1-7(2)10(14)12-15-11-8(13)5-4-6-9(11)16(12)3/h4-7,10H,14H2,1-3H3/t10-/m0/s1. The minimum Gasteiger partial charge on any atom is -0.330 e. The maximum atomic E-state index is 13.5. The summed E-state index contributed by atoms with van der Waals surface area (Å²) in [6.45, 7) is 4.06. The molecular formula is C12H16FN3. The smallest absolute Gasteiger partial charge is 0.151 e. The van der Waals surface area contributed by atoms with Crippen molar-refractivity contribution in [2.45, 2.75) is 19.9 Å². The third-order valence-electron chi connectivity index (χ3n) is 2.91. The molecule has 0 unspecified atom stereocenters. The summed E-state index contributed by atoms with van der Waals surface area (Å²) in [5.41, 5.74) is 7.23. The Labute approximate surface area is 94.1 Å². The molecule has 0 saturated carbocycles. The van der Waals surface area contributed by atoms with Gasteiger partial charge in [-0.1, -0.05) is 19.9 Å². The van der Waals surface area contributed by atoms with E-state index < -0.39 is 0 Å². The molecule has 0 aliphatic carbocycles. The zero-order valence-electron chi connectivity index (χ0n) is 9.74. The Hall–Kier alpha value is -1.42. The minimum atomic E-state index is -0.296. The number of nitrogens with zero attached hydrogens (tertiary/aromatic N) is 2. The lowest BCUT2D eigenvalue weighted by atomic mass is 10.1. The normalized spacial score (nSPS) is 13.6. The molecule has 0 aliphatic rings. The molecule has 0 spiro atoms. The second kappa shape index (κ2) is 3.87. The van der Waals surface area contributed by atoms with E-state index in [1.807, 2.05) is 31.5 Å². The van der Waals surface area contributed by atoms with Gasteiger partial charge in [0.25, 0.3) is 0 Å². The van der Waals surface area contributed by atoms with Crippen LogP contribution in [0.15, 0.2) is 18.2 Å². The summed E-state index contributed by atoms with van der Waals surface area (Å²) in [4.78, 5) is 4.30. The van der Waals surface area contributed by atoms with Crippen LogP contribution < -0.4 is 5.73 Å². The molecule has 1 aromatic heterocycles. The number of imidazole rings is 1. The van der Waals surface area contributed by atoms with E-state index in [0.29, 0.717) is 5.52 Å². The van der Waals surface area contributed by atoms with Gasteiger partial charge in [0.1, 0.15) is 11.3 Å². The zero-order chi connectivity index (χ0) is 11.9. The van der Waals surface area contributed by atoms with Crippen molar-refractivity contribution in [1.29, 1.82) is 0 Å². The van der Waals surface area contributed by atoms with Crippen LogP contribution in [0.1, 0.15) is 25.7 Å². The Morgan fingerprint density at radius 3 is 2.62 bits per heavy atom. The van der Waals surface area contributed by atoms with Gasteiger partial charge in [0.2, 0.25) is 0 Å². The van der Waals surface area contributed by atoms with Crippen LogP contribution in [0, 0.1) is 11.7 Å². The summed E-state index contributed by atoms with van der Waals surface area (Å²) in [5.74, 6) is 0.712. The van der Waals surface area contributed by atoms with Crippen LogP contribution in [0.2, 0.25) is 0 Å². The Morgan fingerprint density at radius 1 is 1.38 bits per heavy atom. The third kappa shape index (κ3) is 1.59. The number of hydrogen-bond donors (Lipinski definition) is 1. The molecule has 0 amide bonds. The largest absolute Gasteiger partial charge is 0.330 e. The van der Waals surface area contributed by atoms with Crippen molar-refractivity contribution >= 4 is 11.0 Å². The highest BCUT2D eigenvalue weighted by Crippen LogP contribution is 2.24. The lowest BCUT2D eigenvalue weighted by molar-refractivity contribution is 0.480. The Balaban J connectivity index is 2.65. The van der Waals surface area contributed by atoms with E-state index in [2.05, 4.69) is 4.98 Å². The van der Waals surface area contributed by atoms with Gasteiger partial charge in [-0.3, -0.25) is 0 Å². The second-order valence-electron chi connectivity index (χ2n) is 4.41. The van der Waals surface area contributed by atoms with Crippen molar-refractivity contribution in [1.82, 2.24) is 9.55 Å². The molecule has 0 radical (unpaired) electrons. The molecule has 0 saturated heterocycles. The van der Waals surface area contributed by atoms with E-state index >= 15 is 0 Å². The monoisotopic (exact) mass is 221 g/mol. The second-order valence-corrected chi connectivity index (χ2v) is 4.41. The zero-order valence-corrected chi connectivity index (χ0v) is 9.74. The van der Waals surface area contributed by atoms with Crippen molar-refractivity contribution in [3.8, 4) is 0 Å². The molecule has 1 atom stereocenters. The van der Waals surface area contributed by atoms with Gasteiger partial charge in [-0.25, -0.2) is 9.37 Å². The topological polar surface area (TPSA) is 43.8 Å². The summed E-state index contributed by atoms with van der Waals surface area (Å²) in [5, 5.41) is 0. The van der Waals surface area contributed by atoms with Crippen molar-refractivity contribution in [3.05, 3.63) is 29.8 Å². The summed E-state index contributed by atoms with van der Waals surface area (Å²) in [6, 6.07) is 4.78. The van der Waals surface area contributed by atoms with Crippen molar-refractivity contribution < 1.29 is 4.39 Å². The van der Waals surface area contributed by atoms with Crippen LogP contribution in [-0.2, 0) is 7.05 Å². The van der Waals surface area contributed by atoms with Gasteiger partial charge in [-0.15, -0.1) is 0 Å². The molecule has 2 N–H and O–H groups in total. The number of hydrogen-bond acceptors (Lipinski definition) is 2. The lowest BCUT2D eigenvalue weighted by Crippen LogP contribution is -2.20. The van der Waals surface area contributed by atoms with Crippen LogP contribution in [-0.4, -0.2) is 9.55 Å². The number of aromatic nitrogens is 2. The average molecular weight is 221 g/mol. The van der Waals surface area contributed by atoms with E-state index in [9.17, 15) is 4.39 Å². The molecule has 0 aliphatic heterocycles. The first-order valence-corrected chi connectivity index (χ1v) is 5.38. The van der Waals surface area contributed by atoms with E-state index in [-0.39, 0.29) is 17.8 Å². The molecule has 86 valence electrons. The van der Waals surface area contributed by atoms with Crippen LogP contribution in [0.5, 0.6) is 0 Å². The van der Waals surface area contributed by atoms with Crippen molar-refractivity contribution in [3.63, 3.8) is 0 Å². The molecule has 16 heavy (non-hydrogen) atoms. The van der Waals surface area contributed by atoms with E-state index in [1.165, 1.54) is 6.07 Å². The van der Waals surface area contributed by atoms with Gasteiger partial charge in [0.05, 0.1) is 11.6 Å². The molecular weight excluding hydrogens is 205 g/mol. The number of fused-ring (bicyclic) bond motifs is 1. The summed E-state index contributed by atoms with van der Waals surface area (Å²) in [6.07, 6.45) is 0. The fourth-order valence-electron chi connectivity index (χ4n) is 1.79. The Bertz CT molecular complexity index is 516. The van der Waals surface area contributed by atoms with Gasteiger partial charge in [-0.05, 0) is 18.1 Å². The minimum absolute atomic E-state index is 0.170. The highest BCUT2D eigenvalue weighted by molar-refractivity contribution is 5.76. The summed E-state index contributed by atoms with van der Waals surface area (Å²) >= 11 is 0. The lowest BCUT2D eigenvalue weighted by Gasteiger charge is -2.14. The maximum Gasteiger partial charge on any atom is 0.151 e. The summed E-state index contributed by atoms with van der Waals surface area (Å²) in [7, 11) is 1.87. The first-order valence-electron chi connectivity index (χ1n) is 5.38. The summed E-state index contributed by atoms with van der Waals surface area (Å²) < 4.78 is 15.4. The highest BCUT2D eigenvalue weighted by atomic mass is 19.1. The fraction of sp³-hybridized carbons (Fsp3) is 0.417. The van der Waals surface area contributed by atoms with Gasteiger partial charge >= 0.3 is 0 Å². The van der Waals surface area contributed by atoms with Gasteiger partial charge in [0, 0.05) is 7.05 Å². The van der Waals surface area contributed by atoms with Crippen molar-refractivity contribution in [2.75, 3.05) is 0 Å². The number of rotatable bonds is 2. The highest BCUT2D eigenvalue weighted by Gasteiger charge is 2.18. The van der Waals surface area contributed by atoms with Crippen LogP contribution in [0.25, 0.3) is 11.0 Å². The molecule has 1 aromatic carbocycles. The maximum absolute atomic E-state index is 13.5. The van der Waals surface area contributed by atoms with Gasteiger partial charge in [-0.2, -0.15) is 0 Å². The Morgan fingerprint density at radius 2 is 2.06 bits per heavy atom. The predicted molar refractivity (Wildman–Crippen MR) is 62.4 cm³/mol. The van der Waals surface area contributed by atoms with E-state index in [0.717, 1.165) is 11.3 Å². The first-order chi connectivity index (χ1) is 7.52. The molecule has 2 rings (SSSR count). The van der Waals surface area contributed by atoms with E-state index in [1.54, 1.807) is 6.07 Å². The van der Waals surface area contributed by atoms with E-state index in [4.69, 9.17) is 5.73 Å². The predicted octanol–water partition coefficient (Wildman–Crippen LogP) is 2.37. The molecule has 4 heteroatoms. The van der Waals surface area contributed by atoms with Crippen LogP contribution >= 0.6 is 0 Å². The molecule has 0 bridgehead atoms. The number of nitrogens with two attached hydrogens (primary N) is 1.